The highest BCUT2D eigenvalue weighted by molar-refractivity contribution is 5.79. The number of aliphatic hydroxyl groups excluding tert-OH is 1. The fraction of sp³-hybridized carbons (Fsp3) is 0.879. The van der Waals surface area contributed by atoms with Crippen molar-refractivity contribution in [3.8, 4) is 0 Å². The van der Waals surface area contributed by atoms with Crippen LogP contribution in [0.3, 0.4) is 0 Å². The summed E-state index contributed by atoms with van der Waals surface area (Å²) in [5, 5.41) is 11.9. The molecule has 4 fully saturated rings. The molecule has 0 radical (unpaired) electrons. The second-order valence-corrected chi connectivity index (χ2v) is 15.8. The van der Waals surface area contributed by atoms with Crippen LogP contribution >= 0.6 is 0 Å². The minimum absolute atomic E-state index is 0.0253. The first-order chi connectivity index (χ1) is 17.5. The summed E-state index contributed by atoms with van der Waals surface area (Å²) >= 11 is 0. The van der Waals surface area contributed by atoms with Gasteiger partial charge in [-0.2, -0.15) is 0 Å². The van der Waals surface area contributed by atoms with E-state index in [1.54, 1.807) is 0 Å². The maximum Gasteiger partial charge on any atom is 0.312 e. The van der Waals surface area contributed by atoms with Crippen LogP contribution in [0.25, 0.3) is 0 Å². The highest BCUT2D eigenvalue weighted by atomic mass is 16.5. The monoisotopic (exact) mass is 528 g/mol. The molecule has 214 valence electrons. The quantitative estimate of drug-likeness (QED) is 0.313. The van der Waals surface area contributed by atoms with Gasteiger partial charge >= 0.3 is 11.9 Å². The van der Waals surface area contributed by atoms with Crippen molar-refractivity contribution >= 4 is 11.9 Å². The highest BCUT2D eigenvalue weighted by Crippen LogP contribution is 2.75. The number of aliphatic hydroxyl groups is 1. The SMILES string of the molecule is COC(=O)[C@]12CCC(C)(C)[C@@H](O)[C@H]1C1=CC[C@H]3[C@@]4(C)CC[C@@H](OC(C)=O)C(C)(C)[C@@H]4CC[C@@]3(C)[C@]1(C)CC2. The Morgan fingerprint density at radius 3 is 2.18 bits per heavy atom. The second kappa shape index (κ2) is 8.57. The third-order valence-corrected chi connectivity index (χ3v) is 13.7. The maximum atomic E-state index is 13.4. The van der Waals surface area contributed by atoms with E-state index in [9.17, 15) is 14.7 Å². The van der Waals surface area contributed by atoms with E-state index in [4.69, 9.17) is 9.47 Å². The number of carbonyl (C=O) groups is 2. The number of methoxy groups -OCH3 is 1. The largest absolute Gasteiger partial charge is 0.469 e. The summed E-state index contributed by atoms with van der Waals surface area (Å²) in [4.78, 5) is 25.4. The average Bonchev–Trinajstić information content (AvgIpc) is 2.83. The molecule has 0 amide bonds. The zero-order valence-electron chi connectivity index (χ0n) is 25.4. The van der Waals surface area contributed by atoms with E-state index in [0.717, 1.165) is 57.8 Å². The highest BCUT2D eigenvalue weighted by Gasteiger charge is 2.70. The normalized spacial score (nSPS) is 48.8. The topological polar surface area (TPSA) is 72.8 Å². The van der Waals surface area contributed by atoms with Gasteiger partial charge in [0.15, 0.2) is 0 Å². The first kappa shape index (κ1) is 28.2. The van der Waals surface area contributed by atoms with E-state index in [1.807, 2.05) is 0 Å². The molecule has 1 N–H and O–H groups in total. The van der Waals surface area contributed by atoms with Crippen LogP contribution in [0.4, 0.5) is 0 Å². The summed E-state index contributed by atoms with van der Waals surface area (Å²) < 4.78 is 11.3. The number of carbonyl (C=O) groups excluding carboxylic acids is 2. The maximum absolute atomic E-state index is 13.4. The standard InChI is InChI=1S/C33H52O5/c1-20(34)38-24-13-14-30(6)22(29(24,4)5)12-15-32(8)23(30)11-10-21-25-26(35)28(2,3)16-18-33(25,27(36)37-9)19-17-31(21,32)7/h10,22-26,35H,11-19H2,1-9H3/t22-,23-,24+,25+,26-,30-,31+,32+,33-/m0/s1. The first-order valence-electron chi connectivity index (χ1n) is 15.2. The van der Waals surface area contributed by atoms with E-state index in [1.165, 1.54) is 19.6 Å². The van der Waals surface area contributed by atoms with Gasteiger partial charge < -0.3 is 14.6 Å². The molecule has 0 aliphatic heterocycles. The second-order valence-electron chi connectivity index (χ2n) is 15.8. The molecule has 5 aliphatic carbocycles. The van der Waals surface area contributed by atoms with E-state index < -0.39 is 11.5 Å². The summed E-state index contributed by atoms with van der Waals surface area (Å²) in [5.74, 6) is 0.516. The molecule has 5 heteroatoms. The molecule has 4 saturated carbocycles. The first-order valence-corrected chi connectivity index (χ1v) is 15.2. The Morgan fingerprint density at radius 1 is 0.895 bits per heavy atom. The Labute approximate surface area is 230 Å². The van der Waals surface area contributed by atoms with Crippen molar-refractivity contribution < 1.29 is 24.2 Å². The van der Waals surface area contributed by atoms with Crippen molar-refractivity contribution in [1.82, 2.24) is 0 Å². The number of fused-ring (bicyclic) bond motifs is 7. The van der Waals surface area contributed by atoms with Crippen LogP contribution in [0.5, 0.6) is 0 Å². The van der Waals surface area contributed by atoms with E-state index in [0.29, 0.717) is 11.8 Å². The van der Waals surface area contributed by atoms with Crippen LogP contribution in [0.1, 0.15) is 113 Å². The fourth-order valence-corrected chi connectivity index (χ4v) is 11.2. The molecule has 0 saturated heterocycles. The Hall–Kier alpha value is -1.36. The summed E-state index contributed by atoms with van der Waals surface area (Å²) in [5.41, 5.74) is 0.572. The minimum Gasteiger partial charge on any atom is -0.469 e. The Bertz CT molecular complexity index is 1040. The summed E-state index contributed by atoms with van der Waals surface area (Å²) in [6.07, 6.45) is 10.5. The minimum atomic E-state index is -0.622. The summed E-state index contributed by atoms with van der Waals surface area (Å²) in [7, 11) is 1.51. The van der Waals surface area contributed by atoms with Gasteiger partial charge in [-0.1, -0.05) is 60.1 Å². The molecular weight excluding hydrogens is 476 g/mol. The van der Waals surface area contributed by atoms with Crippen LogP contribution in [0.15, 0.2) is 11.6 Å². The van der Waals surface area contributed by atoms with Gasteiger partial charge in [0.2, 0.25) is 0 Å². The number of rotatable bonds is 2. The van der Waals surface area contributed by atoms with Crippen molar-refractivity contribution in [2.75, 3.05) is 7.11 Å². The predicted molar refractivity (Wildman–Crippen MR) is 148 cm³/mol. The molecule has 0 spiro atoms. The number of hydrogen-bond acceptors (Lipinski definition) is 5. The van der Waals surface area contributed by atoms with Gasteiger partial charge in [0.25, 0.3) is 0 Å². The third-order valence-electron chi connectivity index (χ3n) is 13.7. The van der Waals surface area contributed by atoms with Crippen LogP contribution < -0.4 is 0 Å². The molecule has 9 atom stereocenters. The van der Waals surface area contributed by atoms with Gasteiger partial charge in [-0.05, 0) is 91.3 Å². The van der Waals surface area contributed by atoms with Crippen LogP contribution in [-0.2, 0) is 19.1 Å². The number of ether oxygens (including phenoxy) is 2. The van der Waals surface area contributed by atoms with Gasteiger partial charge in [0.1, 0.15) is 6.10 Å². The van der Waals surface area contributed by atoms with Gasteiger partial charge in [-0.25, -0.2) is 0 Å². The molecule has 0 aromatic rings. The lowest BCUT2D eigenvalue weighted by atomic mass is 9.33. The van der Waals surface area contributed by atoms with Crippen molar-refractivity contribution in [3.05, 3.63) is 11.6 Å². The molecule has 5 rings (SSSR count). The average molecular weight is 529 g/mol. The number of esters is 2. The van der Waals surface area contributed by atoms with Crippen molar-refractivity contribution in [1.29, 1.82) is 0 Å². The zero-order chi connectivity index (χ0) is 28.1. The third kappa shape index (κ3) is 3.45. The molecule has 5 aliphatic rings. The van der Waals surface area contributed by atoms with Gasteiger partial charge in [0, 0.05) is 18.3 Å². The van der Waals surface area contributed by atoms with Gasteiger partial charge in [0.05, 0.1) is 18.6 Å². The van der Waals surface area contributed by atoms with E-state index in [2.05, 4.69) is 54.5 Å². The molecule has 0 unspecified atom stereocenters. The van der Waals surface area contributed by atoms with Crippen LogP contribution in [0, 0.1) is 50.2 Å². The zero-order valence-corrected chi connectivity index (χ0v) is 25.4. The fourth-order valence-electron chi connectivity index (χ4n) is 11.2. The molecule has 0 heterocycles. The lowest BCUT2D eigenvalue weighted by molar-refractivity contribution is -0.218. The predicted octanol–water partition coefficient (Wildman–Crippen LogP) is 6.86. The molecule has 0 aromatic carbocycles. The van der Waals surface area contributed by atoms with Gasteiger partial charge in [-0.15, -0.1) is 0 Å². The van der Waals surface area contributed by atoms with Crippen LogP contribution in [0.2, 0.25) is 0 Å². The van der Waals surface area contributed by atoms with Crippen molar-refractivity contribution in [2.45, 2.75) is 125 Å². The van der Waals surface area contributed by atoms with E-state index in [-0.39, 0.29) is 51.0 Å². The lowest BCUT2D eigenvalue weighted by Gasteiger charge is -2.71. The smallest absolute Gasteiger partial charge is 0.312 e. The Kier molecular flexibility index (Phi) is 6.36. The number of allylic oxidation sites excluding steroid dienone is 1. The number of hydrogen-bond donors (Lipinski definition) is 1. The van der Waals surface area contributed by atoms with Gasteiger partial charge in [-0.3, -0.25) is 9.59 Å². The molecular formula is C33H52O5. The molecule has 0 bridgehead atoms. The molecule has 0 aromatic heterocycles. The Balaban J connectivity index is 1.58. The summed E-state index contributed by atoms with van der Waals surface area (Å²) in [6, 6.07) is 0. The molecule has 5 nitrogen and oxygen atoms in total. The van der Waals surface area contributed by atoms with Crippen LogP contribution in [-0.4, -0.2) is 36.4 Å². The van der Waals surface area contributed by atoms with Crippen molar-refractivity contribution in [3.63, 3.8) is 0 Å². The summed E-state index contributed by atoms with van der Waals surface area (Å²) in [6.45, 7) is 18.0. The van der Waals surface area contributed by atoms with E-state index >= 15 is 0 Å². The Morgan fingerprint density at radius 2 is 1.55 bits per heavy atom. The molecule has 38 heavy (non-hydrogen) atoms. The lowest BCUT2D eigenvalue weighted by Crippen LogP contribution is -2.66. The van der Waals surface area contributed by atoms with Crippen molar-refractivity contribution in [2.24, 2.45) is 50.2 Å².